The fourth-order valence-corrected chi connectivity index (χ4v) is 3.51. The average molecular weight is 436 g/mol. The molecule has 0 saturated carbocycles. The first-order valence-electron chi connectivity index (χ1n) is 8.85. The van der Waals surface area contributed by atoms with Crippen LogP contribution in [0, 0.1) is 0 Å². The van der Waals surface area contributed by atoms with Crippen molar-refractivity contribution in [3.05, 3.63) is 11.5 Å². The van der Waals surface area contributed by atoms with E-state index >= 15 is 0 Å². The van der Waals surface area contributed by atoms with Gasteiger partial charge in [0.1, 0.15) is 18.3 Å². The predicted molar refractivity (Wildman–Crippen MR) is 101 cm³/mol. The van der Waals surface area contributed by atoms with E-state index in [0.29, 0.717) is 24.4 Å². The monoisotopic (exact) mass is 435 g/mol. The molecule has 1 aliphatic rings. The van der Waals surface area contributed by atoms with E-state index < -0.39 is 26.2 Å². The molecule has 0 radical (unpaired) electrons. The van der Waals surface area contributed by atoms with Gasteiger partial charge < -0.3 is 29.7 Å². The van der Waals surface area contributed by atoms with Gasteiger partial charge in [-0.1, -0.05) is 6.92 Å². The second-order valence-corrected chi connectivity index (χ2v) is 8.52. The molecule has 2 aromatic rings. The molecular formula is C15H23ClN5O6P. The highest BCUT2D eigenvalue weighted by Crippen LogP contribution is 2.34. The Morgan fingerprint density at radius 1 is 1.46 bits per heavy atom. The molecule has 0 unspecified atom stereocenters. The zero-order chi connectivity index (χ0) is 20.3. The number of aliphatic hydroxyl groups is 1. The smallest absolute Gasteiger partial charge is 0.350 e. The first-order chi connectivity index (χ1) is 13.3. The second kappa shape index (κ2) is 9.00. The lowest BCUT2D eigenvalue weighted by Crippen LogP contribution is -2.27. The van der Waals surface area contributed by atoms with Crippen molar-refractivity contribution in [3.63, 3.8) is 0 Å². The van der Waals surface area contributed by atoms with Crippen LogP contribution >= 0.6 is 19.2 Å². The zero-order valence-electron chi connectivity index (χ0n) is 15.2. The van der Waals surface area contributed by atoms with Crippen LogP contribution in [0.5, 0.6) is 0 Å². The highest BCUT2D eigenvalue weighted by atomic mass is 35.5. The lowest BCUT2D eigenvalue weighted by molar-refractivity contribution is -0.0418. The van der Waals surface area contributed by atoms with Crippen molar-refractivity contribution in [1.29, 1.82) is 0 Å². The van der Waals surface area contributed by atoms with Gasteiger partial charge in [0.2, 0.25) is 5.28 Å². The van der Waals surface area contributed by atoms with Gasteiger partial charge >= 0.3 is 7.60 Å². The van der Waals surface area contributed by atoms with Gasteiger partial charge in [-0.3, -0.25) is 4.57 Å². The average Bonchev–Trinajstić information content (AvgIpc) is 3.16. The third-order valence-electron chi connectivity index (χ3n) is 4.23. The van der Waals surface area contributed by atoms with E-state index in [2.05, 4.69) is 20.4 Å². The lowest BCUT2D eigenvalue weighted by atomic mass is 10.1. The van der Waals surface area contributed by atoms with E-state index in [0.717, 1.165) is 18.4 Å². The van der Waals surface area contributed by atoms with Gasteiger partial charge in [-0.15, -0.1) is 0 Å². The second-order valence-electron chi connectivity index (χ2n) is 6.60. The van der Waals surface area contributed by atoms with Crippen LogP contribution in [0.2, 0.25) is 5.28 Å². The quantitative estimate of drug-likeness (QED) is 0.331. The number of fused-ring (bicyclic) bond motifs is 1. The number of rotatable bonds is 9. The molecule has 0 bridgehead atoms. The summed E-state index contributed by atoms with van der Waals surface area (Å²) < 4.78 is 23.2. The number of nitrogens with one attached hydrogen (secondary N) is 1. The first kappa shape index (κ1) is 21.4. The molecule has 1 saturated heterocycles. The number of ether oxygens (including phenoxy) is 2. The Balaban J connectivity index is 1.66. The summed E-state index contributed by atoms with van der Waals surface area (Å²) in [7, 11) is -4.26. The maximum Gasteiger partial charge on any atom is 0.350 e. The van der Waals surface area contributed by atoms with Crippen LogP contribution in [0.1, 0.15) is 19.8 Å². The fourth-order valence-electron chi connectivity index (χ4n) is 3.00. The maximum absolute atomic E-state index is 10.8. The number of hydrogen-bond acceptors (Lipinski definition) is 8. The number of aromatic nitrogens is 4. The molecule has 1 aliphatic heterocycles. The molecule has 3 atom stereocenters. The standard InChI is InChI=1S/C15H23ClN5O6P/c1-2-3-17-13-10-5-18-21(14(10)20-15(16)19-13)6-9-4-11(22)12(27-9)7-26-8-28(23,24)25/h5,9,11-12,22H,2-4,6-8H2,1H3,(H,17,19,20)(H2,23,24,25)/t9-,11-,12+/m0/s1. The van der Waals surface area contributed by atoms with Gasteiger partial charge in [0, 0.05) is 13.0 Å². The normalized spacial score (nSPS) is 22.8. The summed E-state index contributed by atoms with van der Waals surface area (Å²) in [5.74, 6) is 0.610. The minimum absolute atomic E-state index is 0.101. The van der Waals surface area contributed by atoms with Gasteiger partial charge in [-0.05, 0) is 18.0 Å². The fraction of sp³-hybridized carbons (Fsp3) is 0.667. The zero-order valence-corrected chi connectivity index (χ0v) is 16.9. The molecule has 2 aromatic heterocycles. The Labute approximate surface area is 166 Å². The van der Waals surface area contributed by atoms with Crippen LogP contribution in [-0.2, 0) is 20.6 Å². The SMILES string of the molecule is CCCNc1nc(Cl)nc2c1cnn2C[C@@H]1C[C@H](O)[C@@H](COCP(=O)(O)O)O1. The number of nitrogens with zero attached hydrogens (tertiary/aromatic N) is 4. The van der Waals surface area contributed by atoms with Crippen molar-refractivity contribution >= 4 is 36.0 Å². The molecule has 0 spiro atoms. The molecule has 0 amide bonds. The van der Waals surface area contributed by atoms with Crippen molar-refractivity contribution < 1.29 is 28.9 Å². The van der Waals surface area contributed by atoms with Crippen LogP contribution < -0.4 is 5.32 Å². The van der Waals surface area contributed by atoms with Crippen LogP contribution in [-0.4, -0.2) is 72.5 Å². The van der Waals surface area contributed by atoms with Gasteiger partial charge in [-0.2, -0.15) is 15.1 Å². The molecule has 13 heteroatoms. The summed E-state index contributed by atoms with van der Waals surface area (Å²) in [5, 5.41) is 18.5. The molecule has 1 fully saturated rings. The summed E-state index contributed by atoms with van der Waals surface area (Å²) in [4.78, 5) is 26.1. The van der Waals surface area contributed by atoms with Crippen molar-refractivity contribution in [2.45, 2.75) is 44.6 Å². The summed E-state index contributed by atoms with van der Waals surface area (Å²) in [5.41, 5.74) is 0.554. The largest absolute Gasteiger partial charge is 0.390 e. The maximum atomic E-state index is 10.8. The third-order valence-corrected chi connectivity index (χ3v) is 4.92. The minimum atomic E-state index is -4.26. The lowest BCUT2D eigenvalue weighted by Gasteiger charge is -2.15. The Hall–Kier alpha value is -1.33. The van der Waals surface area contributed by atoms with Crippen molar-refractivity contribution in [1.82, 2.24) is 19.7 Å². The Morgan fingerprint density at radius 3 is 2.96 bits per heavy atom. The molecule has 11 nitrogen and oxygen atoms in total. The highest BCUT2D eigenvalue weighted by Gasteiger charge is 2.35. The van der Waals surface area contributed by atoms with Crippen LogP contribution in [0.4, 0.5) is 5.82 Å². The molecule has 156 valence electrons. The third kappa shape index (κ3) is 5.38. The first-order valence-corrected chi connectivity index (χ1v) is 11.0. The predicted octanol–water partition coefficient (Wildman–Crippen LogP) is 0.972. The van der Waals surface area contributed by atoms with E-state index in [9.17, 15) is 9.67 Å². The van der Waals surface area contributed by atoms with Gasteiger partial charge in [-0.25, -0.2) is 4.68 Å². The van der Waals surface area contributed by atoms with Crippen molar-refractivity contribution in [3.8, 4) is 0 Å². The Bertz CT molecular complexity index is 861. The van der Waals surface area contributed by atoms with Crippen LogP contribution in [0.25, 0.3) is 11.0 Å². The number of halogens is 1. The summed E-state index contributed by atoms with van der Waals surface area (Å²) >= 11 is 6.03. The molecule has 3 rings (SSSR count). The number of aliphatic hydroxyl groups excluding tert-OH is 1. The number of hydrogen-bond donors (Lipinski definition) is 4. The molecule has 4 N–H and O–H groups in total. The van der Waals surface area contributed by atoms with E-state index in [1.807, 2.05) is 6.92 Å². The molecule has 3 heterocycles. The summed E-state index contributed by atoms with van der Waals surface area (Å²) in [6.45, 7) is 3.00. The highest BCUT2D eigenvalue weighted by molar-refractivity contribution is 7.51. The van der Waals surface area contributed by atoms with E-state index in [4.69, 9.17) is 30.9 Å². The van der Waals surface area contributed by atoms with E-state index in [-0.39, 0.29) is 18.0 Å². The van der Waals surface area contributed by atoms with Gasteiger partial charge in [0.25, 0.3) is 0 Å². The van der Waals surface area contributed by atoms with Crippen molar-refractivity contribution in [2.75, 3.05) is 24.8 Å². The van der Waals surface area contributed by atoms with Crippen LogP contribution in [0.15, 0.2) is 6.20 Å². The molecule has 0 aliphatic carbocycles. The molecule has 28 heavy (non-hydrogen) atoms. The number of anilines is 1. The van der Waals surface area contributed by atoms with Gasteiger partial charge in [0.05, 0.1) is 36.9 Å². The Kier molecular flexibility index (Phi) is 6.87. The summed E-state index contributed by atoms with van der Waals surface area (Å²) in [6, 6.07) is 0. The van der Waals surface area contributed by atoms with Crippen molar-refractivity contribution in [2.24, 2.45) is 0 Å². The minimum Gasteiger partial charge on any atom is -0.390 e. The Morgan fingerprint density at radius 2 is 2.25 bits per heavy atom. The van der Waals surface area contributed by atoms with Gasteiger partial charge in [0.15, 0.2) is 5.65 Å². The van der Waals surface area contributed by atoms with E-state index in [1.165, 1.54) is 0 Å². The molecular weight excluding hydrogens is 413 g/mol. The summed E-state index contributed by atoms with van der Waals surface area (Å²) in [6.07, 6.45) is 0.373. The van der Waals surface area contributed by atoms with Crippen LogP contribution in [0.3, 0.4) is 0 Å². The molecule has 0 aromatic carbocycles. The van der Waals surface area contributed by atoms with E-state index in [1.54, 1.807) is 10.9 Å². The topological polar surface area (TPSA) is 152 Å².